The van der Waals surface area contributed by atoms with Gasteiger partial charge in [-0.2, -0.15) is 0 Å². The van der Waals surface area contributed by atoms with Gasteiger partial charge < -0.3 is 15.7 Å². The van der Waals surface area contributed by atoms with Gasteiger partial charge in [-0.25, -0.2) is 0 Å². The predicted octanol–water partition coefficient (Wildman–Crippen LogP) is 1.04. The summed E-state index contributed by atoms with van der Waals surface area (Å²) >= 11 is 0. The van der Waals surface area contributed by atoms with Crippen molar-refractivity contribution in [3.05, 3.63) is 24.0 Å². The molecule has 1 saturated carbocycles. The van der Waals surface area contributed by atoms with Gasteiger partial charge in [0.25, 0.3) is 5.91 Å². The van der Waals surface area contributed by atoms with Crippen LogP contribution in [0.2, 0.25) is 0 Å². The number of hydrogen-bond acceptors (Lipinski definition) is 4. The first-order chi connectivity index (χ1) is 8.61. The number of rotatable bonds is 2. The molecule has 2 unspecified atom stereocenters. The number of nitrogens with two attached hydrogens (primary N) is 1. The summed E-state index contributed by atoms with van der Waals surface area (Å²) in [6, 6.07) is 1.49. The zero-order valence-corrected chi connectivity index (χ0v) is 10.5. The summed E-state index contributed by atoms with van der Waals surface area (Å²) < 4.78 is 0. The van der Waals surface area contributed by atoms with Crippen molar-refractivity contribution in [3.8, 4) is 0 Å². The summed E-state index contributed by atoms with van der Waals surface area (Å²) in [5, 5.41) is 9.96. The molecule has 1 aliphatic rings. The molecule has 0 aliphatic heterocycles. The molecule has 0 spiro atoms. The van der Waals surface area contributed by atoms with Crippen LogP contribution in [0.4, 0.5) is 5.69 Å². The van der Waals surface area contributed by atoms with Gasteiger partial charge in [-0.05, 0) is 18.9 Å². The van der Waals surface area contributed by atoms with E-state index in [9.17, 15) is 9.90 Å². The number of hydrogen-bond donors (Lipinski definition) is 2. The number of anilines is 1. The highest BCUT2D eigenvalue weighted by Crippen LogP contribution is 2.24. The van der Waals surface area contributed by atoms with Gasteiger partial charge >= 0.3 is 0 Å². The van der Waals surface area contributed by atoms with E-state index in [0.29, 0.717) is 11.3 Å². The smallest absolute Gasteiger partial charge is 0.257 e. The third-order valence-corrected chi connectivity index (χ3v) is 3.60. The van der Waals surface area contributed by atoms with Crippen LogP contribution in [0.15, 0.2) is 18.5 Å². The maximum atomic E-state index is 12.3. The summed E-state index contributed by atoms with van der Waals surface area (Å²) in [5.41, 5.74) is 6.60. The number of pyridine rings is 1. The number of aromatic nitrogens is 1. The highest BCUT2D eigenvalue weighted by molar-refractivity contribution is 5.98. The summed E-state index contributed by atoms with van der Waals surface area (Å²) in [7, 11) is 1.72. The van der Waals surface area contributed by atoms with E-state index in [2.05, 4.69) is 4.98 Å². The minimum Gasteiger partial charge on any atom is -0.398 e. The van der Waals surface area contributed by atoms with E-state index in [0.717, 1.165) is 25.7 Å². The Kier molecular flexibility index (Phi) is 3.81. The minimum absolute atomic E-state index is 0.120. The molecule has 3 N–H and O–H groups in total. The monoisotopic (exact) mass is 249 g/mol. The Morgan fingerprint density at radius 2 is 2.22 bits per heavy atom. The fourth-order valence-corrected chi connectivity index (χ4v) is 2.47. The zero-order chi connectivity index (χ0) is 13.1. The second-order valence-corrected chi connectivity index (χ2v) is 4.80. The Morgan fingerprint density at radius 1 is 1.50 bits per heavy atom. The lowest BCUT2D eigenvalue weighted by Crippen LogP contribution is -2.46. The van der Waals surface area contributed by atoms with E-state index in [1.807, 2.05) is 0 Å². The molecule has 1 aliphatic carbocycles. The fourth-order valence-electron chi connectivity index (χ4n) is 2.47. The second kappa shape index (κ2) is 5.35. The van der Waals surface area contributed by atoms with Crippen LogP contribution in [0.3, 0.4) is 0 Å². The van der Waals surface area contributed by atoms with E-state index in [-0.39, 0.29) is 11.9 Å². The first kappa shape index (κ1) is 12.8. The maximum Gasteiger partial charge on any atom is 0.257 e. The van der Waals surface area contributed by atoms with Crippen molar-refractivity contribution in [1.82, 2.24) is 9.88 Å². The first-order valence-corrected chi connectivity index (χ1v) is 6.26. The van der Waals surface area contributed by atoms with Crippen LogP contribution >= 0.6 is 0 Å². The lowest BCUT2D eigenvalue weighted by molar-refractivity contribution is 0.0268. The number of carbonyl (C=O) groups is 1. The van der Waals surface area contributed by atoms with Crippen LogP contribution in [-0.2, 0) is 0 Å². The summed E-state index contributed by atoms with van der Waals surface area (Å²) in [6.07, 6.45) is 6.25. The molecule has 5 nitrogen and oxygen atoms in total. The number of likely N-dealkylation sites (N-methyl/N-ethyl adjacent to an activating group) is 1. The van der Waals surface area contributed by atoms with Gasteiger partial charge in [0.2, 0.25) is 0 Å². The topological polar surface area (TPSA) is 79.5 Å². The van der Waals surface area contributed by atoms with E-state index in [1.54, 1.807) is 24.2 Å². The number of nitrogens with zero attached hydrogens (tertiary/aromatic N) is 2. The Hall–Kier alpha value is -1.62. The minimum atomic E-state index is -0.439. The van der Waals surface area contributed by atoms with Crippen molar-refractivity contribution >= 4 is 11.6 Å². The molecule has 98 valence electrons. The molecule has 0 radical (unpaired) electrons. The third kappa shape index (κ3) is 2.46. The molecule has 1 amide bonds. The molecule has 5 heteroatoms. The number of carbonyl (C=O) groups excluding carboxylic acids is 1. The average molecular weight is 249 g/mol. The Morgan fingerprint density at radius 3 is 2.89 bits per heavy atom. The number of aliphatic hydroxyl groups excluding tert-OH is 1. The van der Waals surface area contributed by atoms with Gasteiger partial charge in [-0.15, -0.1) is 0 Å². The Labute approximate surface area is 107 Å². The molecule has 0 aromatic carbocycles. The average Bonchev–Trinajstić information content (AvgIpc) is 2.38. The molecule has 2 atom stereocenters. The van der Waals surface area contributed by atoms with E-state index < -0.39 is 6.10 Å². The summed E-state index contributed by atoms with van der Waals surface area (Å²) in [5.74, 6) is -0.174. The van der Waals surface area contributed by atoms with Crippen LogP contribution in [0.5, 0.6) is 0 Å². The van der Waals surface area contributed by atoms with E-state index in [1.165, 1.54) is 6.20 Å². The van der Waals surface area contributed by atoms with Gasteiger partial charge in [0.15, 0.2) is 0 Å². The fraction of sp³-hybridized carbons (Fsp3) is 0.538. The first-order valence-electron chi connectivity index (χ1n) is 6.26. The highest BCUT2D eigenvalue weighted by Gasteiger charge is 2.30. The van der Waals surface area contributed by atoms with Crippen LogP contribution in [0.25, 0.3) is 0 Å². The Bertz CT molecular complexity index is 436. The van der Waals surface area contributed by atoms with Crippen molar-refractivity contribution in [2.75, 3.05) is 12.8 Å². The second-order valence-electron chi connectivity index (χ2n) is 4.80. The molecular formula is C13H19N3O2. The van der Waals surface area contributed by atoms with Crippen LogP contribution in [-0.4, -0.2) is 40.1 Å². The van der Waals surface area contributed by atoms with Gasteiger partial charge in [0.05, 0.1) is 17.7 Å². The number of aliphatic hydroxyl groups is 1. The molecule has 1 aromatic rings. The molecule has 1 aromatic heterocycles. The molecule has 1 fully saturated rings. The lowest BCUT2D eigenvalue weighted by Gasteiger charge is -2.35. The lowest BCUT2D eigenvalue weighted by atomic mass is 9.91. The maximum absolute atomic E-state index is 12.3. The van der Waals surface area contributed by atoms with Gasteiger partial charge in [-0.1, -0.05) is 12.8 Å². The SMILES string of the molecule is CN(C(=O)c1cnccc1N)C1CCCCC1O. The zero-order valence-electron chi connectivity index (χ0n) is 10.5. The standard InChI is InChI=1S/C13H19N3O2/c1-16(11-4-2-3-5-12(11)17)13(18)9-8-15-7-6-10(9)14/h6-8,11-12,17H,2-5H2,1H3,(H2,14,15). The predicted molar refractivity (Wildman–Crippen MR) is 69.0 cm³/mol. The summed E-state index contributed by atoms with van der Waals surface area (Å²) in [4.78, 5) is 17.8. The molecule has 18 heavy (non-hydrogen) atoms. The van der Waals surface area contributed by atoms with Gasteiger partial charge in [-0.3, -0.25) is 9.78 Å². The highest BCUT2D eigenvalue weighted by atomic mass is 16.3. The van der Waals surface area contributed by atoms with Crippen LogP contribution in [0, 0.1) is 0 Å². The Balaban J connectivity index is 2.16. The molecule has 0 saturated heterocycles. The molecule has 2 rings (SSSR count). The largest absolute Gasteiger partial charge is 0.398 e. The number of nitrogen functional groups attached to an aromatic ring is 1. The molecular weight excluding hydrogens is 230 g/mol. The van der Waals surface area contributed by atoms with Crippen molar-refractivity contribution in [2.24, 2.45) is 0 Å². The molecule has 0 bridgehead atoms. The van der Waals surface area contributed by atoms with Crippen molar-refractivity contribution in [3.63, 3.8) is 0 Å². The quantitative estimate of drug-likeness (QED) is 0.820. The van der Waals surface area contributed by atoms with E-state index in [4.69, 9.17) is 5.73 Å². The van der Waals surface area contributed by atoms with Crippen molar-refractivity contribution in [1.29, 1.82) is 0 Å². The summed E-state index contributed by atoms with van der Waals surface area (Å²) in [6.45, 7) is 0. The van der Waals surface area contributed by atoms with Crippen LogP contribution < -0.4 is 5.73 Å². The van der Waals surface area contributed by atoms with Gasteiger partial charge in [0, 0.05) is 25.1 Å². The van der Waals surface area contributed by atoms with Crippen molar-refractivity contribution < 1.29 is 9.90 Å². The van der Waals surface area contributed by atoms with E-state index >= 15 is 0 Å². The molecule has 1 heterocycles. The third-order valence-electron chi connectivity index (χ3n) is 3.60. The van der Waals surface area contributed by atoms with Crippen molar-refractivity contribution in [2.45, 2.75) is 37.8 Å². The number of amides is 1. The van der Waals surface area contributed by atoms with Crippen LogP contribution in [0.1, 0.15) is 36.0 Å². The normalized spacial score (nSPS) is 23.7. The van der Waals surface area contributed by atoms with Gasteiger partial charge in [0.1, 0.15) is 0 Å².